The third kappa shape index (κ3) is 4.35. The first kappa shape index (κ1) is 26.6. The first-order valence-corrected chi connectivity index (χ1v) is 11.9. The van der Waals surface area contributed by atoms with Crippen molar-refractivity contribution in [2.75, 3.05) is 7.11 Å². The molecule has 1 aromatic carbocycles. The van der Waals surface area contributed by atoms with Crippen LogP contribution in [0, 0.1) is 11.8 Å². The van der Waals surface area contributed by atoms with Gasteiger partial charge in [0.25, 0.3) is 0 Å². The maximum atomic E-state index is 13.7. The van der Waals surface area contributed by atoms with E-state index in [1.807, 2.05) is 27.7 Å². The number of hydrogen-bond donors (Lipinski definition) is 4. The highest BCUT2D eigenvalue weighted by molar-refractivity contribution is 6.04. The second-order valence-corrected chi connectivity index (χ2v) is 9.55. The van der Waals surface area contributed by atoms with Crippen molar-refractivity contribution in [2.45, 2.75) is 89.7 Å². The number of aldehydes is 1. The van der Waals surface area contributed by atoms with Gasteiger partial charge in [0.1, 0.15) is 11.5 Å². The van der Waals surface area contributed by atoms with Gasteiger partial charge in [-0.3, -0.25) is 9.59 Å². The molecule has 7 atom stereocenters. The molecular formula is C25H36O9. The fourth-order valence-corrected chi connectivity index (χ4v) is 5.26. The summed E-state index contributed by atoms with van der Waals surface area (Å²) in [6.07, 6.45) is -2.25. The van der Waals surface area contributed by atoms with Crippen LogP contribution in [0.5, 0.6) is 11.5 Å². The van der Waals surface area contributed by atoms with Gasteiger partial charge < -0.3 is 34.6 Å². The Morgan fingerprint density at radius 1 is 1.26 bits per heavy atom. The smallest absolute Gasteiger partial charge is 0.189 e. The van der Waals surface area contributed by atoms with E-state index in [9.17, 15) is 30.0 Å². The molecule has 9 nitrogen and oxygen atoms in total. The second-order valence-electron chi connectivity index (χ2n) is 9.55. The third-order valence-electron chi connectivity index (χ3n) is 7.10. The number of carbonyl (C=O) groups is 2. The maximum absolute atomic E-state index is 13.7. The summed E-state index contributed by atoms with van der Waals surface area (Å²) in [7, 11) is 1.46. The van der Waals surface area contributed by atoms with Crippen molar-refractivity contribution in [2.24, 2.45) is 11.8 Å². The van der Waals surface area contributed by atoms with Gasteiger partial charge in [-0.25, -0.2) is 0 Å². The van der Waals surface area contributed by atoms with Crippen LogP contribution in [0.3, 0.4) is 0 Å². The van der Waals surface area contributed by atoms with Gasteiger partial charge in [-0.1, -0.05) is 34.1 Å². The van der Waals surface area contributed by atoms with Crippen LogP contribution in [0.15, 0.2) is 6.07 Å². The number of rotatable bonds is 10. The molecule has 0 aliphatic carbocycles. The van der Waals surface area contributed by atoms with Crippen LogP contribution < -0.4 is 0 Å². The first-order chi connectivity index (χ1) is 16.1. The molecule has 0 radical (unpaired) electrons. The minimum Gasteiger partial charge on any atom is -0.507 e. The lowest BCUT2D eigenvalue weighted by Gasteiger charge is -2.39. The van der Waals surface area contributed by atoms with E-state index in [1.165, 1.54) is 13.2 Å². The molecule has 2 saturated heterocycles. The lowest BCUT2D eigenvalue weighted by molar-refractivity contribution is -0.239. The fourth-order valence-electron chi connectivity index (χ4n) is 5.26. The van der Waals surface area contributed by atoms with Crippen molar-refractivity contribution in [1.82, 2.24) is 0 Å². The Morgan fingerprint density at radius 2 is 1.94 bits per heavy atom. The van der Waals surface area contributed by atoms with Gasteiger partial charge in [-0.2, -0.15) is 0 Å². The molecule has 1 unspecified atom stereocenters. The topological polar surface area (TPSA) is 146 Å². The van der Waals surface area contributed by atoms with Crippen LogP contribution >= 0.6 is 0 Å². The van der Waals surface area contributed by atoms with Crippen LogP contribution in [-0.2, 0) is 14.2 Å². The Bertz CT molecular complexity index is 900. The number of ether oxygens (including phenoxy) is 3. The highest BCUT2D eigenvalue weighted by Gasteiger charge is 2.68. The molecular weight excluding hydrogens is 444 g/mol. The quantitative estimate of drug-likeness (QED) is 0.225. The highest BCUT2D eigenvalue weighted by atomic mass is 16.7. The summed E-state index contributed by atoms with van der Waals surface area (Å²) in [5.41, 5.74) is -1.48. The Balaban J connectivity index is 1.99. The van der Waals surface area contributed by atoms with Crippen molar-refractivity contribution < 1.29 is 44.2 Å². The number of ketones is 1. The van der Waals surface area contributed by atoms with E-state index in [0.29, 0.717) is 25.5 Å². The number of phenols is 2. The van der Waals surface area contributed by atoms with E-state index < -0.39 is 53.4 Å². The van der Waals surface area contributed by atoms with Crippen molar-refractivity contribution >= 4 is 12.1 Å². The molecule has 34 heavy (non-hydrogen) atoms. The summed E-state index contributed by atoms with van der Waals surface area (Å²) in [6.45, 7) is 7.49. The number of aromatic hydroxyl groups is 2. The van der Waals surface area contributed by atoms with Crippen LogP contribution in [0.4, 0.5) is 0 Å². The first-order valence-electron chi connectivity index (χ1n) is 11.9. The zero-order chi connectivity index (χ0) is 25.4. The number of epoxide rings is 1. The summed E-state index contributed by atoms with van der Waals surface area (Å²) >= 11 is 0. The zero-order valence-electron chi connectivity index (χ0n) is 20.4. The molecule has 190 valence electrons. The van der Waals surface area contributed by atoms with Crippen molar-refractivity contribution in [3.05, 3.63) is 22.8 Å². The number of aliphatic hydroxyl groups is 2. The molecule has 9 heteroatoms. The van der Waals surface area contributed by atoms with E-state index in [2.05, 4.69) is 0 Å². The number of carbonyl (C=O) groups excluding carboxylic acids is 2. The molecule has 0 saturated carbocycles. The number of hydrogen-bond acceptors (Lipinski definition) is 9. The average molecular weight is 481 g/mol. The molecule has 0 bridgehead atoms. The molecule has 1 aromatic rings. The predicted octanol–water partition coefficient (Wildman–Crippen LogP) is 2.87. The van der Waals surface area contributed by atoms with Crippen molar-refractivity contribution in [1.29, 1.82) is 0 Å². The van der Waals surface area contributed by atoms with E-state index in [4.69, 9.17) is 14.2 Å². The molecule has 2 aliphatic heterocycles. The van der Waals surface area contributed by atoms with E-state index >= 15 is 0 Å². The zero-order valence-corrected chi connectivity index (χ0v) is 20.4. The second kappa shape index (κ2) is 10.3. The Morgan fingerprint density at radius 3 is 2.41 bits per heavy atom. The number of benzene rings is 1. The normalized spacial score (nSPS) is 30.4. The van der Waals surface area contributed by atoms with Gasteiger partial charge in [-0.15, -0.1) is 0 Å². The van der Waals surface area contributed by atoms with Gasteiger partial charge in [-0.05, 0) is 24.8 Å². The Hall–Kier alpha value is -2.04. The summed E-state index contributed by atoms with van der Waals surface area (Å²) in [5.74, 6) is -2.47. The van der Waals surface area contributed by atoms with Gasteiger partial charge >= 0.3 is 0 Å². The number of methoxy groups -OCH3 is 1. The van der Waals surface area contributed by atoms with E-state index in [-0.39, 0.29) is 35.1 Å². The van der Waals surface area contributed by atoms with Crippen LogP contribution in [-0.4, -0.2) is 69.8 Å². The molecule has 0 aromatic heterocycles. The van der Waals surface area contributed by atoms with Crippen LogP contribution in [0.1, 0.15) is 85.8 Å². The van der Waals surface area contributed by atoms with E-state index in [0.717, 1.165) is 0 Å². The molecule has 2 fully saturated rings. The van der Waals surface area contributed by atoms with Gasteiger partial charge in [0.2, 0.25) is 0 Å². The SMILES string of the molecule is CCC[C@H](C(=O)c1cc(C(OC)C(C)C)c(O)c(C=O)c1O)[C@H]1C[C@@H](O)[C@@]2(O[C@H]2CC)[C@H](O)O1. The average Bonchev–Trinajstić information content (AvgIpc) is 3.53. The molecule has 3 rings (SSSR count). The van der Waals surface area contributed by atoms with Gasteiger partial charge in [0.05, 0.1) is 35.5 Å². The van der Waals surface area contributed by atoms with Crippen molar-refractivity contribution in [3.8, 4) is 11.5 Å². The molecule has 0 amide bonds. The summed E-state index contributed by atoms with van der Waals surface area (Å²) in [5, 5.41) is 42.7. The van der Waals surface area contributed by atoms with Gasteiger partial charge in [0.15, 0.2) is 24.0 Å². The number of phenolic OH excluding ortho intramolecular Hbond substituents is 2. The standard InChI is InChI=1S/C25H36O9/c1-6-8-13(17-10-18(27)25(24(31)33-17)19(7-2)34-25)20(28)14-9-15(23(32-5)12(3)4)22(30)16(11-26)21(14)29/h9,11-13,17-19,23-24,27,29-31H,6-8,10H2,1-5H3/t13-,17+,18+,19-,23?,24+,25-/m0/s1. The maximum Gasteiger partial charge on any atom is 0.189 e. The lowest BCUT2D eigenvalue weighted by atomic mass is 9.80. The summed E-state index contributed by atoms with van der Waals surface area (Å²) in [4.78, 5) is 25.4. The monoisotopic (exact) mass is 480 g/mol. The third-order valence-corrected chi connectivity index (χ3v) is 7.10. The molecule has 2 aliphatic rings. The molecule has 2 heterocycles. The number of aliphatic hydroxyl groups excluding tert-OH is 2. The van der Waals surface area contributed by atoms with Gasteiger partial charge in [0, 0.05) is 25.0 Å². The van der Waals surface area contributed by atoms with Crippen LogP contribution in [0.25, 0.3) is 0 Å². The van der Waals surface area contributed by atoms with E-state index in [1.54, 1.807) is 0 Å². The Labute approximate surface area is 199 Å². The lowest BCUT2D eigenvalue weighted by Crippen LogP contribution is -2.55. The molecule has 1 spiro atoms. The predicted molar refractivity (Wildman–Crippen MR) is 122 cm³/mol. The summed E-state index contributed by atoms with van der Waals surface area (Å²) < 4.78 is 16.8. The fraction of sp³-hybridized carbons (Fsp3) is 0.680. The van der Waals surface area contributed by atoms with Crippen molar-refractivity contribution in [3.63, 3.8) is 0 Å². The van der Waals surface area contributed by atoms with Crippen LogP contribution in [0.2, 0.25) is 0 Å². The highest BCUT2D eigenvalue weighted by Crippen LogP contribution is 2.50. The minimum absolute atomic E-state index is 0.0723. The number of Topliss-reactive ketones (excluding diaryl/α,β-unsaturated/α-hetero) is 1. The summed E-state index contributed by atoms with van der Waals surface area (Å²) in [6, 6.07) is 1.35. The Kier molecular flexibility index (Phi) is 8.04. The minimum atomic E-state index is -1.40. The largest absolute Gasteiger partial charge is 0.507 e. The molecule has 4 N–H and O–H groups in total.